The second-order valence-corrected chi connectivity index (χ2v) is 3.71. The van der Waals surface area contributed by atoms with Crippen molar-refractivity contribution in [2.45, 2.75) is 20.8 Å². The summed E-state index contributed by atoms with van der Waals surface area (Å²) in [7, 11) is 0. The fourth-order valence-corrected chi connectivity index (χ4v) is 1.49. The molecule has 0 saturated heterocycles. The van der Waals surface area contributed by atoms with E-state index in [-0.39, 0.29) is 0 Å². The molecule has 0 aliphatic heterocycles. The van der Waals surface area contributed by atoms with Gasteiger partial charge in [-0.3, -0.25) is 0 Å². The van der Waals surface area contributed by atoms with Crippen molar-refractivity contribution in [2.24, 2.45) is 0 Å². The van der Waals surface area contributed by atoms with Crippen molar-refractivity contribution < 1.29 is 4.74 Å². The standard InChI is InChI=1S/C13H11ClO.C2H6/c1-10-6-2-4-8-12(10)15-13-9-5-3-7-11(13)14;1-2/h2-9H,1H3;1-2H3. The lowest BCUT2D eigenvalue weighted by atomic mass is 10.2. The zero-order chi connectivity index (χ0) is 12.7. The molecular formula is C15H17ClO. The highest BCUT2D eigenvalue weighted by Gasteiger charge is 2.03. The van der Waals surface area contributed by atoms with E-state index in [0.717, 1.165) is 11.3 Å². The van der Waals surface area contributed by atoms with Crippen LogP contribution in [0.5, 0.6) is 11.5 Å². The van der Waals surface area contributed by atoms with Crippen LogP contribution < -0.4 is 4.74 Å². The molecule has 2 aromatic rings. The topological polar surface area (TPSA) is 9.23 Å². The Labute approximate surface area is 108 Å². The van der Waals surface area contributed by atoms with Crippen LogP contribution in [0.25, 0.3) is 0 Å². The summed E-state index contributed by atoms with van der Waals surface area (Å²) < 4.78 is 5.71. The van der Waals surface area contributed by atoms with Crippen LogP contribution in [0.4, 0.5) is 0 Å². The van der Waals surface area contributed by atoms with Gasteiger partial charge in [0, 0.05) is 0 Å². The first-order valence-electron chi connectivity index (χ1n) is 5.75. The van der Waals surface area contributed by atoms with E-state index in [2.05, 4.69) is 0 Å². The van der Waals surface area contributed by atoms with Crippen molar-refractivity contribution in [1.82, 2.24) is 0 Å². The largest absolute Gasteiger partial charge is 0.456 e. The minimum atomic E-state index is 0.626. The third kappa shape index (κ3) is 3.79. The Balaban J connectivity index is 0.000000686. The third-order valence-corrected chi connectivity index (χ3v) is 2.46. The molecule has 0 spiro atoms. The Morgan fingerprint density at radius 1 is 0.824 bits per heavy atom. The summed E-state index contributed by atoms with van der Waals surface area (Å²) in [5.41, 5.74) is 1.09. The van der Waals surface area contributed by atoms with Gasteiger partial charge in [-0.05, 0) is 30.7 Å². The summed E-state index contributed by atoms with van der Waals surface area (Å²) in [6.45, 7) is 6.01. The van der Waals surface area contributed by atoms with E-state index in [9.17, 15) is 0 Å². The fraction of sp³-hybridized carbons (Fsp3) is 0.200. The Kier molecular flexibility index (Phi) is 5.58. The van der Waals surface area contributed by atoms with Crippen LogP contribution in [-0.2, 0) is 0 Å². The summed E-state index contributed by atoms with van der Waals surface area (Å²) in [6, 6.07) is 15.3. The van der Waals surface area contributed by atoms with Crippen molar-refractivity contribution >= 4 is 11.6 Å². The Morgan fingerprint density at radius 3 is 1.94 bits per heavy atom. The van der Waals surface area contributed by atoms with Crippen molar-refractivity contribution in [1.29, 1.82) is 0 Å². The van der Waals surface area contributed by atoms with Crippen molar-refractivity contribution in [3.05, 3.63) is 59.1 Å². The quantitative estimate of drug-likeness (QED) is 0.685. The average Bonchev–Trinajstić information content (AvgIpc) is 2.37. The van der Waals surface area contributed by atoms with E-state index in [1.807, 2.05) is 69.3 Å². The van der Waals surface area contributed by atoms with Crippen LogP contribution in [-0.4, -0.2) is 0 Å². The van der Waals surface area contributed by atoms with Gasteiger partial charge in [0.15, 0.2) is 0 Å². The summed E-state index contributed by atoms with van der Waals surface area (Å²) >= 11 is 6.00. The molecule has 1 nitrogen and oxygen atoms in total. The Bertz CT molecular complexity index is 422. The predicted octanol–water partition coefficient (Wildman–Crippen LogP) is 5.47. The molecular weight excluding hydrogens is 232 g/mol. The first kappa shape index (κ1) is 13.6. The average molecular weight is 249 g/mol. The molecule has 0 atom stereocenters. The number of benzene rings is 2. The molecule has 0 radical (unpaired) electrons. The molecule has 2 rings (SSSR count). The van der Waals surface area contributed by atoms with Gasteiger partial charge >= 0.3 is 0 Å². The molecule has 0 fully saturated rings. The van der Waals surface area contributed by atoms with Crippen LogP contribution in [0.1, 0.15) is 19.4 Å². The third-order valence-electron chi connectivity index (χ3n) is 2.15. The van der Waals surface area contributed by atoms with Crippen LogP contribution in [0.15, 0.2) is 48.5 Å². The highest BCUT2D eigenvalue weighted by Crippen LogP contribution is 2.30. The van der Waals surface area contributed by atoms with Crippen LogP contribution in [0, 0.1) is 6.92 Å². The van der Waals surface area contributed by atoms with Crippen LogP contribution in [0.2, 0.25) is 5.02 Å². The molecule has 0 aliphatic carbocycles. The van der Waals surface area contributed by atoms with E-state index in [0.29, 0.717) is 10.8 Å². The number of ether oxygens (including phenoxy) is 1. The molecule has 0 aliphatic rings. The smallest absolute Gasteiger partial charge is 0.146 e. The van der Waals surface area contributed by atoms with Gasteiger partial charge in [0.25, 0.3) is 0 Å². The van der Waals surface area contributed by atoms with E-state index in [1.165, 1.54) is 0 Å². The van der Waals surface area contributed by atoms with Crippen LogP contribution >= 0.6 is 11.6 Å². The van der Waals surface area contributed by atoms with E-state index >= 15 is 0 Å². The van der Waals surface area contributed by atoms with Crippen molar-refractivity contribution in [3.63, 3.8) is 0 Å². The SMILES string of the molecule is CC.Cc1ccccc1Oc1ccccc1Cl. The maximum Gasteiger partial charge on any atom is 0.146 e. The van der Waals surface area contributed by atoms with Gasteiger partial charge in [-0.25, -0.2) is 0 Å². The highest BCUT2D eigenvalue weighted by atomic mass is 35.5. The van der Waals surface area contributed by atoms with Crippen molar-refractivity contribution in [3.8, 4) is 11.5 Å². The summed E-state index contributed by atoms with van der Waals surface area (Å²) in [5.74, 6) is 1.53. The predicted molar refractivity (Wildman–Crippen MR) is 74.1 cm³/mol. The summed E-state index contributed by atoms with van der Waals surface area (Å²) in [6.07, 6.45) is 0. The molecule has 0 heterocycles. The molecule has 0 aromatic heterocycles. The molecule has 0 amide bonds. The second kappa shape index (κ2) is 6.97. The molecule has 0 bridgehead atoms. The van der Waals surface area contributed by atoms with Crippen molar-refractivity contribution in [2.75, 3.05) is 0 Å². The molecule has 2 aromatic carbocycles. The molecule has 2 heteroatoms. The normalized spacial score (nSPS) is 9.18. The van der Waals surface area contributed by atoms with Gasteiger partial charge in [0.05, 0.1) is 5.02 Å². The first-order valence-corrected chi connectivity index (χ1v) is 6.13. The Morgan fingerprint density at radius 2 is 1.35 bits per heavy atom. The van der Waals surface area contributed by atoms with Crippen LogP contribution in [0.3, 0.4) is 0 Å². The second-order valence-electron chi connectivity index (χ2n) is 3.30. The Hall–Kier alpha value is -1.47. The highest BCUT2D eigenvalue weighted by molar-refractivity contribution is 6.32. The number of rotatable bonds is 2. The number of para-hydroxylation sites is 2. The lowest BCUT2D eigenvalue weighted by Gasteiger charge is -2.09. The molecule has 90 valence electrons. The molecule has 0 N–H and O–H groups in total. The molecule has 0 saturated carbocycles. The van der Waals surface area contributed by atoms with E-state index < -0.39 is 0 Å². The van der Waals surface area contributed by atoms with Gasteiger partial charge in [0.2, 0.25) is 0 Å². The zero-order valence-corrected chi connectivity index (χ0v) is 11.2. The molecule has 0 unspecified atom stereocenters. The first-order chi connectivity index (χ1) is 8.27. The van der Waals surface area contributed by atoms with Gasteiger partial charge in [-0.1, -0.05) is 55.8 Å². The summed E-state index contributed by atoms with van der Waals surface area (Å²) in [4.78, 5) is 0. The number of hydrogen-bond acceptors (Lipinski definition) is 1. The molecule has 17 heavy (non-hydrogen) atoms. The maximum absolute atomic E-state index is 6.00. The minimum absolute atomic E-state index is 0.626. The van der Waals surface area contributed by atoms with E-state index in [1.54, 1.807) is 0 Å². The number of hydrogen-bond donors (Lipinski definition) is 0. The minimum Gasteiger partial charge on any atom is -0.456 e. The zero-order valence-electron chi connectivity index (χ0n) is 10.4. The maximum atomic E-state index is 6.00. The van der Waals surface area contributed by atoms with Gasteiger partial charge in [-0.2, -0.15) is 0 Å². The van der Waals surface area contributed by atoms with Gasteiger partial charge in [-0.15, -0.1) is 0 Å². The van der Waals surface area contributed by atoms with Gasteiger partial charge < -0.3 is 4.74 Å². The van der Waals surface area contributed by atoms with Gasteiger partial charge in [0.1, 0.15) is 11.5 Å². The summed E-state index contributed by atoms with van der Waals surface area (Å²) in [5, 5.41) is 0.626. The van der Waals surface area contributed by atoms with E-state index in [4.69, 9.17) is 16.3 Å². The fourth-order valence-electron chi connectivity index (χ4n) is 1.32. The lowest BCUT2D eigenvalue weighted by Crippen LogP contribution is -1.87. The monoisotopic (exact) mass is 248 g/mol. The lowest BCUT2D eigenvalue weighted by molar-refractivity contribution is 0.479. The number of aryl methyl sites for hydroxylation is 1. The number of halogens is 1.